The quantitative estimate of drug-likeness (QED) is 0.465. The second kappa shape index (κ2) is 9.19. The molecule has 3 aromatic rings. The number of carbonyl (C=O) groups excluding carboxylic acids is 1. The molecule has 0 radical (unpaired) electrons. The Labute approximate surface area is 159 Å². The largest absolute Gasteiger partial charge is 0.487 e. The normalized spacial score (nSPS) is 10.9. The van der Waals surface area contributed by atoms with Crippen LogP contribution in [0.15, 0.2) is 48.5 Å². The molecule has 2 aromatic carbocycles. The molecule has 0 aliphatic heterocycles. The number of aromatic nitrogens is 2. The van der Waals surface area contributed by atoms with Gasteiger partial charge < -0.3 is 14.8 Å². The Morgan fingerprint density at radius 3 is 2.70 bits per heavy atom. The molecule has 0 unspecified atom stereocenters. The Hall–Kier alpha value is -2.86. The van der Waals surface area contributed by atoms with Gasteiger partial charge in [0.25, 0.3) is 0 Å². The lowest BCUT2D eigenvalue weighted by Crippen LogP contribution is -2.19. The first-order chi connectivity index (χ1) is 13.2. The molecule has 0 aliphatic rings. The van der Waals surface area contributed by atoms with Crippen molar-refractivity contribution < 1.29 is 14.3 Å². The van der Waals surface area contributed by atoms with Crippen LogP contribution in [-0.2, 0) is 29.7 Å². The van der Waals surface area contributed by atoms with Crippen LogP contribution in [0.4, 0.5) is 0 Å². The second-order valence-corrected chi connectivity index (χ2v) is 6.25. The van der Waals surface area contributed by atoms with E-state index in [1.807, 2.05) is 61.1 Å². The van der Waals surface area contributed by atoms with Crippen LogP contribution in [0.5, 0.6) is 5.75 Å². The number of nitrogens with one attached hydrogen (secondary N) is 1. The number of rotatable bonds is 9. The smallest absolute Gasteiger partial charge is 0.307 e. The first-order valence-electron chi connectivity index (χ1n) is 9.16. The molecule has 0 amide bonds. The van der Waals surface area contributed by atoms with E-state index in [1.54, 1.807) is 0 Å². The summed E-state index contributed by atoms with van der Waals surface area (Å²) in [6.07, 6.45) is 0.383. The molecule has 0 saturated heterocycles. The monoisotopic (exact) mass is 367 g/mol. The molecule has 142 valence electrons. The van der Waals surface area contributed by atoms with Crippen LogP contribution >= 0.6 is 0 Å². The maximum absolute atomic E-state index is 11.3. The summed E-state index contributed by atoms with van der Waals surface area (Å²) >= 11 is 0. The van der Waals surface area contributed by atoms with E-state index in [2.05, 4.69) is 16.5 Å². The van der Waals surface area contributed by atoms with E-state index in [1.165, 1.54) is 0 Å². The van der Waals surface area contributed by atoms with Gasteiger partial charge in [-0.3, -0.25) is 9.48 Å². The molecular formula is C21H25N3O3. The van der Waals surface area contributed by atoms with Gasteiger partial charge in [0.15, 0.2) is 0 Å². The van der Waals surface area contributed by atoms with Crippen molar-refractivity contribution in [3.05, 3.63) is 59.8 Å². The highest BCUT2D eigenvalue weighted by Crippen LogP contribution is 2.20. The van der Waals surface area contributed by atoms with E-state index in [4.69, 9.17) is 9.47 Å². The third-order valence-electron chi connectivity index (χ3n) is 4.30. The Bertz CT molecular complexity index is 887. The van der Waals surface area contributed by atoms with E-state index in [-0.39, 0.29) is 5.97 Å². The highest BCUT2D eigenvalue weighted by molar-refractivity contribution is 5.81. The molecular weight excluding hydrogens is 342 g/mol. The van der Waals surface area contributed by atoms with Crippen molar-refractivity contribution in [3.63, 3.8) is 0 Å². The summed E-state index contributed by atoms with van der Waals surface area (Å²) in [5, 5.41) is 8.85. The highest BCUT2D eigenvalue weighted by atomic mass is 16.5. The minimum absolute atomic E-state index is 0.170. The number of esters is 1. The number of nitrogens with zero attached hydrogens (tertiary/aromatic N) is 2. The van der Waals surface area contributed by atoms with Crippen LogP contribution in [0.1, 0.15) is 24.6 Å². The predicted molar refractivity (Wildman–Crippen MR) is 104 cm³/mol. The average molecular weight is 367 g/mol. The summed E-state index contributed by atoms with van der Waals surface area (Å²) in [5.41, 5.74) is 3.16. The second-order valence-electron chi connectivity index (χ2n) is 6.25. The first-order valence-corrected chi connectivity index (χ1v) is 9.16. The van der Waals surface area contributed by atoms with E-state index in [0.29, 0.717) is 32.7 Å². The number of ether oxygens (including phenoxy) is 2. The molecule has 0 fully saturated rings. The standard InChI is InChI=1S/C21H25N3O3/c1-3-26-21(25)12-13-22-14-16-8-10-17(11-9-16)27-15-20-18-6-4-5-7-19(18)23-24(20)2/h4-11,22H,3,12-15H2,1-2H3. The Morgan fingerprint density at radius 1 is 1.15 bits per heavy atom. The molecule has 0 atom stereocenters. The topological polar surface area (TPSA) is 65.4 Å². The van der Waals surface area contributed by atoms with Gasteiger partial charge in [-0.25, -0.2) is 0 Å². The van der Waals surface area contributed by atoms with Gasteiger partial charge in [0.1, 0.15) is 12.4 Å². The molecule has 0 aliphatic carbocycles. The lowest BCUT2D eigenvalue weighted by atomic mass is 10.2. The summed E-state index contributed by atoms with van der Waals surface area (Å²) < 4.78 is 12.7. The maximum atomic E-state index is 11.3. The molecule has 6 heteroatoms. The van der Waals surface area contributed by atoms with Gasteiger partial charge in [0.2, 0.25) is 0 Å². The lowest BCUT2D eigenvalue weighted by molar-refractivity contribution is -0.142. The SMILES string of the molecule is CCOC(=O)CCNCc1ccc(OCc2c3ccccc3nn2C)cc1. The van der Waals surface area contributed by atoms with Crippen molar-refractivity contribution in [2.75, 3.05) is 13.2 Å². The molecule has 6 nitrogen and oxygen atoms in total. The molecule has 3 rings (SSSR count). The average Bonchev–Trinajstić information content (AvgIpc) is 3.00. The fraction of sp³-hybridized carbons (Fsp3) is 0.333. The zero-order chi connectivity index (χ0) is 19.1. The van der Waals surface area contributed by atoms with Crippen molar-refractivity contribution >= 4 is 16.9 Å². The van der Waals surface area contributed by atoms with Crippen LogP contribution < -0.4 is 10.1 Å². The number of hydrogen-bond donors (Lipinski definition) is 1. The minimum atomic E-state index is -0.170. The van der Waals surface area contributed by atoms with Crippen LogP contribution in [0.3, 0.4) is 0 Å². The number of benzene rings is 2. The maximum Gasteiger partial charge on any atom is 0.307 e. The summed E-state index contributed by atoms with van der Waals surface area (Å²) in [6.45, 7) is 4.01. The van der Waals surface area contributed by atoms with Gasteiger partial charge in [0, 0.05) is 25.5 Å². The number of aryl methyl sites for hydroxylation is 1. The lowest BCUT2D eigenvalue weighted by Gasteiger charge is -2.09. The summed E-state index contributed by atoms with van der Waals surface area (Å²) in [4.78, 5) is 11.3. The number of fused-ring (bicyclic) bond motifs is 1. The zero-order valence-electron chi connectivity index (χ0n) is 15.8. The molecule has 27 heavy (non-hydrogen) atoms. The van der Waals surface area contributed by atoms with E-state index >= 15 is 0 Å². The van der Waals surface area contributed by atoms with Crippen molar-refractivity contribution in [3.8, 4) is 5.75 Å². The molecule has 1 aromatic heterocycles. The fourth-order valence-electron chi connectivity index (χ4n) is 2.88. The van der Waals surface area contributed by atoms with Gasteiger partial charge in [-0.05, 0) is 30.7 Å². The Balaban J connectivity index is 1.49. The first kappa shape index (κ1) is 18.9. The third-order valence-corrected chi connectivity index (χ3v) is 4.30. The highest BCUT2D eigenvalue weighted by Gasteiger charge is 2.09. The Morgan fingerprint density at radius 2 is 1.93 bits per heavy atom. The van der Waals surface area contributed by atoms with E-state index in [9.17, 15) is 4.79 Å². The summed E-state index contributed by atoms with van der Waals surface area (Å²) in [7, 11) is 1.93. The third kappa shape index (κ3) is 5.08. The molecule has 1 N–H and O–H groups in total. The van der Waals surface area contributed by atoms with Gasteiger partial charge in [-0.1, -0.05) is 30.3 Å². The van der Waals surface area contributed by atoms with Crippen LogP contribution in [0, 0.1) is 0 Å². The van der Waals surface area contributed by atoms with Gasteiger partial charge in [-0.15, -0.1) is 0 Å². The van der Waals surface area contributed by atoms with Crippen LogP contribution in [0.25, 0.3) is 10.9 Å². The number of hydrogen-bond acceptors (Lipinski definition) is 5. The summed E-state index contributed by atoms with van der Waals surface area (Å²) in [6, 6.07) is 16.0. The van der Waals surface area contributed by atoms with Gasteiger partial charge in [-0.2, -0.15) is 5.10 Å². The van der Waals surface area contributed by atoms with Crippen LogP contribution in [0.2, 0.25) is 0 Å². The molecule has 0 spiro atoms. The van der Waals surface area contributed by atoms with E-state index in [0.717, 1.165) is 27.9 Å². The van der Waals surface area contributed by atoms with Crippen molar-refractivity contribution in [2.24, 2.45) is 7.05 Å². The van der Waals surface area contributed by atoms with E-state index < -0.39 is 0 Å². The predicted octanol–water partition coefficient (Wildman–Crippen LogP) is 3.20. The Kier molecular flexibility index (Phi) is 6.44. The van der Waals surface area contributed by atoms with Gasteiger partial charge >= 0.3 is 5.97 Å². The van der Waals surface area contributed by atoms with Crippen molar-refractivity contribution in [1.29, 1.82) is 0 Å². The van der Waals surface area contributed by atoms with Crippen molar-refractivity contribution in [1.82, 2.24) is 15.1 Å². The minimum Gasteiger partial charge on any atom is -0.487 e. The molecule has 1 heterocycles. The molecule has 0 saturated carbocycles. The zero-order valence-corrected chi connectivity index (χ0v) is 15.8. The van der Waals surface area contributed by atoms with Gasteiger partial charge in [0.05, 0.1) is 24.2 Å². The van der Waals surface area contributed by atoms with Crippen molar-refractivity contribution in [2.45, 2.75) is 26.5 Å². The summed E-state index contributed by atoms with van der Waals surface area (Å²) in [5.74, 6) is 0.645. The molecule has 0 bridgehead atoms. The fourth-order valence-corrected chi connectivity index (χ4v) is 2.88. The van der Waals surface area contributed by atoms with Crippen LogP contribution in [-0.4, -0.2) is 28.9 Å². The number of carbonyl (C=O) groups is 1.